The first-order chi connectivity index (χ1) is 17.0. The number of hydrogen-bond acceptors (Lipinski definition) is 8. The van der Waals surface area contributed by atoms with Gasteiger partial charge in [-0.25, -0.2) is 18.4 Å². The Morgan fingerprint density at radius 3 is 2.61 bits per heavy atom. The van der Waals surface area contributed by atoms with Gasteiger partial charge in [0.25, 0.3) is 5.91 Å². The van der Waals surface area contributed by atoms with Crippen molar-refractivity contribution in [3.63, 3.8) is 0 Å². The summed E-state index contributed by atoms with van der Waals surface area (Å²) in [6.07, 6.45) is -3.42. The number of carbonyl (C=O) groups excluding carboxylic acids is 1. The van der Waals surface area contributed by atoms with Crippen LogP contribution in [0.15, 0.2) is 29.3 Å². The first-order valence-electron chi connectivity index (χ1n) is 11.2. The molecule has 0 fully saturated rings. The molecule has 2 aromatic heterocycles. The molecule has 0 aliphatic carbocycles. The molecule has 0 atom stereocenters. The van der Waals surface area contributed by atoms with Gasteiger partial charge in [0.2, 0.25) is 5.95 Å². The molecule has 8 nitrogen and oxygen atoms in total. The van der Waals surface area contributed by atoms with Crippen molar-refractivity contribution in [3.8, 4) is 10.6 Å². The van der Waals surface area contributed by atoms with E-state index in [9.17, 15) is 26.4 Å². The highest BCUT2D eigenvalue weighted by Crippen LogP contribution is 2.42. The van der Waals surface area contributed by atoms with Crippen molar-refractivity contribution in [1.29, 1.82) is 0 Å². The van der Waals surface area contributed by atoms with Crippen LogP contribution in [0.25, 0.3) is 10.6 Å². The third-order valence-corrected chi connectivity index (χ3v) is 9.25. The van der Waals surface area contributed by atoms with E-state index in [0.29, 0.717) is 36.2 Å². The molecule has 13 heteroatoms. The van der Waals surface area contributed by atoms with Gasteiger partial charge < -0.3 is 15.5 Å². The van der Waals surface area contributed by atoms with Crippen molar-refractivity contribution in [2.45, 2.75) is 37.5 Å². The highest BCUT2D eigenvalue weighted by molar-refractivity contribution is 7.91. The van der Waals surface area contributed by atoms with E-state index in [1.807, 2.05) is 19.1 Å². The zero-order chi connectivity index (χ0) is 25.8. The lowest BCUT2D eigenvalue weighted by Gasteiger charge is -2.15. The molecule has 0 spiro atoms. The van der Waals surface area contributed by atoms with Crippen molar-refractivity contribution in [2.75, 3.05) is 24.7 Å². The number of anilines is 2. The molecule has 0 unspecified atom stereocenters. The Bertz CT molecular complexity index is 1480. The maximum absolute atomic E-state index is 13.9. The van der Waals surface area contributed by atoms with Crippen LogP contribution in [-0.4, -0.2) is 48.5 Å². The van der Waals surface area contributed by atoms with Crippen LogP contribution in [0, 0.1) is 0 Å². The normalized spacial score (nSPS) is 17.0. The number of nitrogens with zero attached hydrogens (tertiary/aromatic N) is 3. The molecular formula is C23H22F3N5O3S2. The third kappa shape index (κ3) is 4.35. The van der Waals surface area contributed by atoms with Crippen molar-refractivity contribution in [2.24, 2.45) is 0 Å². The number of fused-ring (bicyclic) bond motifs is 2. The summed E-state index contributed by atoms with van der Waals surface area (Å²) in [6.45, 7) is 3.42. The van der Waals surface area contributed by atoms with E-state index in [1.54, 1.807) is 0 Å². The van der Waals surface area contributed by atoms with Crippen LogP contribution in [-0.2, 0) is 35.5 Å². The van der Waals surface area contributed by atoms with Crippen LogP contribution in [0.2, 0.25) is 0 Å². The van der Waals surface area contributed by atoms with E-state index >= 15 is 0 Å². The lowest BCUT2D eigenvalue weighted by Crippen LogP contribution is -2.27. The van der Waals surface area contributed by atoms with E-state index in [2.05, 4.69) is 20.6 Å². The smallest absolute Gasteiger partial charge is 0.340 e. The number of benzene rings is 1. The summed E-state index contributed by atoms with van der Waals surface area (Å²) in [5, 5.41) is 6.30. The second kappa shape index (κ2) is 8.82. The number of aromatic nitrogens is 2. The van der Waals surface area contributed by atoms with E-state index in [-0.39, 0.29) is 32.9 Å². The zero-order valence-corrected chi connectivity index (χ0v) is 21.0. The van der Waals surface area contributed by atoms with Crippen molar-refractivity contribution in [3.05, 3.63) is 51.5 Å². The van der Waals surface area contributed by atoms with Crippen molar-refractivity contribution < 1.29 is 26.4 Å². The number of thiophene rings is 1. The Kier molecular flexibility index (Phi) is 6.04. The predicted octanol–water partition coefficient (Wildman–Crippen LogP) is 3.99. The van der Waals surface area contributed by atoms with Crippen LogP contribution >= 0.6 is 11.3 Å². The summed E-state index contributed by atoms with van der Waals surface area (Å²) in [7, 11) is -2.40. The topological polar surface area (TPSA) is 104 Å². The van der Waals surface area contributed by atoms with Gasteiger partial charge in [-0.3, -0.25) is 4.79 Å². The standard InChI is InChI=1S/C23H22F3N5O3S2/c1-3-12-6-13-9-27-10-14(13)7-16(12)29-22-28-11-15(23(24,25)26)19(30-22)17-8-18-20(35-17)21(32)31(2)4-5-36(18,33)34/h6-8,11,27H,3-5,9-10H2,1-2H3,(H,28,29,30). The predicted molar refractivity (Wildman–Crippen MR) is 129 cm³/mol. The van der Waals surface area contributed by atoms with Gasteiger partial charge in [-0.05, 0) is 35.2 Å². The highest BCUT2D eigenvalue weighted by Gasteiger charge is 2.38. The minimum Gasteiger partial charge on any atom is -0.340 e. The second-order valence-corrected chi connectivity index (χ2v) is 11.8. The molecule has 0 saturated heterocycles. The molecule has 0 saturated carbocycles. The lowest BCUT2D eigenvalue weighted by molar-refractivity contribution is -0.137. The first kappa shape index (κ1) is 24.7. The van der Waals surface area contributed by atoms with E-state index in [4.69, 9.17) is 0 Å². The van der Waals surface area contributed by atoms with Gasteiger partial charge in [0.1, 0.15) is 10.4 Å². The summed E-state index contributed by atoms with van der Waals surface area (Å²) in [4.78, 5) is 21.6. The van der Waals surface area contributed by atoms with Crippen LogP contribution in [0.4, 0.5) is 24.8 Å². The summed E-state index contributed by atoms with van der Waals surface area (Å²) in [6, 6.07) is 5.10. The van der Waals surface area contributed by atoms with Crippen LogP contribution in [0.5, 0.6) is 0 Å². The third-order valence-electron chi connectivity index (χ3n) is 6.28. The average molecular weight is 538 g/mol. The summed E-state index contributed by atoms with van der Waals surface area (Å²) in [5.74, 6) is -0.926. The number of carbonyl (C=O) groups is 1. The van der Waals surface area contributed by atoms with Gasteiger partial charge in [0.05, 0.1) is 21.2 Å². The molecule has 36 heavy (non-hydrogen) atoms. The van der Waals surface area contributed by atoms with E-state index in [1.165, 1.54) is 17.5 Å². The van der Waals surface area contributed by atoms with Crippen molar-refractivity contribution in [1.82, 2.24) is 20.2 Å². The fourth-order valence-electron chi connectivity index (χ4n) is 4.28. The van der Waals surface area contributed by atoms with Crippen LogP contribution < -0.4 is 10.6 Å². The Morgan fingerprint density at radius 2 is 1.92 bits per heavy atom. The number of amides is 1. The van der Waals surface area contributed by atoms with Crippen LogP contribution in [0.1, 0.15) is 38.8 Å². The van der Waals surface area contributed by atoms with Gasteiger partial charge in [0, 0.05) is 38.6 Å². The molecular weight excluding hydrogens is 515 g/mol. The highest BCUT2D eigenvalue weighted by atomic mass is 32.2. The fourth-order valence-corrected chi connectivity index (χ4v) is 7.31. The monoisotopic (exact) mass is 537 g/mol. The fraction of sp³-hybridized carbons (Fsp3) is 0.348. The van der Waals surface area contributed by atoms with E-state index < -0.39 is 33.2 Å². The maximum atomic E-state index is 13.9. The zero-order valence-electron chi connectivity index (χ0n) is 19.4. The molecule has 2 aliphatic heterocycles. The Balaban J connectivity index is 1.62. The average Bonchev–Trinajstić information content (AvgIpc) is 3.46. The molecule has 3 aromatic rings. The summed E-state index contributed by atoms with van der Waals surface area (Å²) >= 11 is 0.688. The number of alkyl halides is 3. The Hall–Kier alpha value is -3.03. The molecule has 4 heterocycles. The Labute approximate surface area is 209 Å². The van der Waals surface area contributed by atoms with Gasteiger partial charge in [0.15, 0.2) is 9.84 Å². The molecule has 2 aliphatic rings. The number of aryl methyl sites for hydroxylation is 1. The number of sulfone groups is 1. The molecule has 5 rings (SSSR count). The molecule has 0 radical (unpaired) electrons. The van der Waals surface area contributed by atoms with Gasteiger partial charge in [-0.15, -0.1) is 11.3 Å². The number of rotatable bonds is 4. The summed E-state index contributed by atoms with van der Waals surface area (Å²) in [5.41, 5.74) is 2.30. The number of halogens is 3. The lowest BCUT2D eigenvalue weighted by atomic mass is 10.0. The molecule has 1 aromatic carbocycles. The SMILES string of the molecule is CCc1cc2c(cc1Nc1ncc(C(F)(F)F)c(-c3cc4c(s3)C(=O)N(C)CCS4(=O)=O)n1)CNC2. The maximum Gasteiger partial charge on any atom is 0.420 e. The largest absolute Gasteiger partial charge is 0.420 e. The number of nitrogens with one attached hydrogen (secondary N) is 2. The summed E-state index contributed by atoms with van der Waals surface area (Å²) < 4.78 is 67.2. The first-order valence-corrected chi connectivity index (χ1v) is 13.6. The van der Waals surface area contributed by atoms with Crippen molar-refractivity contribution >= 4 is 38.7 Å². The minimum atomic E-state index is -4.79. The molecule has 0 bridgehead atoms. The second-order valence-electron chi connectivity index (χ2n) is 8.66. The van der Waals surface area contributed by atoms with Gasteiger partial charge >= 0.3 is 6.18 Å². The quantitative estimate of drug-likeness (QED) is 0.519. The molecule has 1 amide bonds. The van der Waals surface area contributed by atoms with Gasteiger partial charge in [-0.1, -0.05) is 13.0 Å². The molecule has 2 N–H and O–H groups in total. The van der Waals surface area contributed by atoms with Gasteiger partial charge in [-0.2, -0.15) is 13.2 Å². The molecule has 190 valence electrons. The number of hydrogen-bond donors (Lipinski definition) is 2. The Morgan fingerprint density at radius 1 is 1.19 bits per heavy atom. The van der Waals surface area contributed by atoms with Crippen LogP contribution in [0.3, 0.4) is 0 Å². The van der Waals surface area contributed by atoms with E-state index in [0.717, 1.165) is 23.7 Å². The minimum absolute atomic E-state index is 0.00331.